The summed E-state index contributed by atoms with van der Waals surface area (Å²) in [4.78, 5) is 11.0. The average Bonchev–Trinajstić information content (AvgIpc) is 2.68. The van der Waals surface area contributed by atoms with Gasteiger partial charge < -0.3 is 0 Å². The van der Waals surface area contributed by atoms with Gasteiger partial charge in [-0.2, -0.15) is 0 Å². The summed E-state index contributed by atoms with van der Waals surface area (Å²) in [5.41, 5.74) is 0.518. The maximum atomic E-state index is 14.0. The van der Waals surface area contributed by atoms with Crippen LogP contribution in [0.5, 0.6) is 0 Å². The SMILES string of the molecule is CC[C@H]1C[C@H](C2(I)C=CC=C([N+](=O)[O-])C2)c2cc(F)ccc2S(=O)(=O)C1. The third-order valence-corrected chi connectivity index (χ3v) is 8.66. The molecule has 3 atom stereocenters. The van der Waals surface area contributed by atoms with Crippen LogP contribution in [0.25, 0.3) is 0 Å². The summed E-state index contributed by atoms with van der Waals surface area (Å²) in [5, 5.41) is 11.3. The summed E-state index contributed by atoms with van der Waals surface area (Å²) in [6, 6.07) is 3.79. The second-order valence-electron chi connectivity index (χ2n) is 6.90. The number of hydrogen-bond donors (Lipinski definition) is 0. The first-order valence-electron chi connectivity index (χ1n) is 8.40. The van der Waals surface area contributed by atoms with Crippen LogP contribution in [0.2, 0.25) is 0 Å². The first-order valence-corrected chi connectivity index (χ1v) is 11.1. The Morgan fingerprint density at radius 2 is 2.15 bits per heavy atom. The molecular weight excluding hydrogens is 472 g/mol. The standard InChI is InChI=1S/C18H19FINO4S/c1-2-12-8-16(18(20)7-3-4-14(10-18)21(22)23)15-9-13(19)5-6-17(15)26(24,25)11-12/h3-7,9,12,16H,2,8,10-11H2,1H3/t12-,16-,18?/m0/s1. The third kappa shape index (κ3) is 3.58. The lowest BCUT2D eigenvalue weighted by atomic mass is 9.76. The molecule has 5 nitrogen and oxygen atoms in total. The minimum atomic E-state index is -3.53. The monoisotopic (exact) mass is 491 g/mol. The molecule has 1 unspecified atom stereocenters. The van der Waals surface area contributed by atoms with Crippen LogP contribution in [-0.4, -0.2) is 22.5 Å². The average molecular weight is 491 g/mol. The maximum absolute atomic E-state index is 14.0. The number of alkyl halides is 1. The van der Waals surface area contributed by atoms with Gasteiger partial charge in [-0.15, -0.1) is 0 Å². The zero-order valence-corrected chi connectivity index (χ0v) is 17.2. The van der Waals surface area contributed by atoms with Crippen molar-refractivity contribution in [2.45, 2.75) is 40.4 Å². The molecule has 1 aromatic rings. The number of allylic oxidation sites excluding steroid dienone is 4. The molecule has 0 bridgehead atoms. The van der Waals surface area contributed by atoms with Crippen LogP contribution >= 0.6 is 22.6 Å². The Labute approximate surface area is 165 Å². The molecule has 26 heavy (non-hydrogen) atoms. The van der Waals surface area contributed by atoms with E-state index in [1.54, 1.807) is 6.08 Å². The van der Waals surface area contributed by atoms with Crippen molar-refractivity contribution >= 4 is 32.4 Å². The smallest absolute Gasteiger partial charge is 0.247 e. The lowest BCUT2D eigenvalue weighted by Crippen LogP contribution is -2.32. The van der Waals surface area contributed by atoms with Crippen molar-refractivity contribution in [2.75, 3.05) is 5.75 Å². The van der Waals surface area contributed by atoms with Crippen molar-refractivity contribution in [3.05, 3.63) is 63.6 Å². The molecule has 0 fully saturated rings. The second kappa shape index (κ2) is 7.03. The van der Waals surface area contributed by atoms with Crippen LogP contribution in [0.4, 0.5) is 4.39 Å². The summed E-state index contributed by atoms with van der Waals surface area (Å²) >= 11 is 2.17. The molecule has 1 heterocycles. The zero-order chi connectivity index (χ0) is 19.1. The van der Waals surface area contributed by atoms with E-state index in [1.165, 1.54) is 24.3 Å². The molecule has 1 aliphatic carbocycles. The van der Waals surface area contributed by atoms with E-state index in [4.69, 9.17) is 0 Å². The Morgan fingerprint density at radius 1 is 1.42 bits per heavy atom. The molecule has 1 aliphatic heterocycles. The summed E-state index contributed by atoms with van der Waals surface area (Å²) < 4.78 is 39.0. The van der Waals surface area contributed by atoms with Gasteiger partial charge in [-0.05, 0) is 36.1 Å². The normalized spacial score (nSPS) is 30.2. The topological polar surface area (TPSA) is 77.3 Å². The minimum absolute atomic E-state index is 0.0208. The largest absolute Gasteiger partial charge is 0.259 e. The van der Waals surface area contributed by atoms with Crippen LogP contribution in [-0.2, 0) is 9.84 Å². The van der Waals surface area contributed by atoms with Crippen LogP contribution < -0.4 is 0 Å². The Hall–Kier alpha value is -1.29. The van der Waals surface area contributed by atoms with Crippen LogP contribution in [0, 0.1) is 21.8 Å². The fourth-order valence-corrected chi connectivity index (χ4v) is 7.02. The van der Waals surface area contributed by atoms with Gasteiger partial charge in [0.05, 0.1) is 25.4 Å². The highest BCUT2D eigenvalue weighted by Gasteiger charge is 2.45. The molecule has 0 spiro atoms. The van der Waals surface area contributed by atoms with Crippen molar-refractivity contribution in [1.29, 1.82) is 0 Å². The van der Waals surface area contributed by atoms with Gasteiger partial charge in [0, 0.05) is 12.0 Å². The van der Waals surface area contributed by atoms with Gasteiger partial charge in [0.15, 0.2) is 9.84 Å². The van der Waals surface area contributed by atoms with E-state index in [1.807, 2.05) is 13.0 Å². The van der Waals surface area contributed by atoms with E-state index in [2.05, 4.69) is 22.6 Å². The van der Waals surface area contributed by atoms with E-state index >= 15 is 0 Å². The summed E-state index contributed by atoms with van der Waals surface area (Å²) in [5.74, 6) is -0.877. The van der Waals surface area contributed by atoms with E-state index in [0.29, 0.717) is 18.4 Å². The quantitative estimate of drug-likeness (QED) is 0.207. The summed E-state index contributed by atoms with van der Waals surface area (Å²) in [7, 11) is -3.53. The molecule has 1 aromatic carbocycles. The number of halogens is 2. The Balaban J connectivity index is 2.16. The van der Waals surface area contributed by atoms with Gasteiger partial charge in [-0.25, -0.2) is 12.8 Å². The third-order valence-electron chi connectivity index (χ3n) is 5.21. The van der Waals surface area contributed by atoms with Crippen molar-refractivity contribution < 1.29 is 17.7 Å². The second-order valence-corrected chi connectivity index (χ2v) is 10.9. The van der Waals surface area contributed by atoms with E-state index < -0.39 is 24.0 Å². The lowest BCUT2D eigenvalue weighted by molar-refractivity contribution is -0.428. The minimum Gasteiger partial charge on any atom is -0.259 e. The highest BCUT2D eigenvalue weighted by molar-refractivity contribution is 14.1. The van der Waals surface area contributed by atoms with Gasteiger partial charge in [-0.3, -0.25) is 10.1 Å². The van der Waals surface area contributed by atoms with Gasteiger partial charge in [0.2, 0.25) is 5.70 Å². The number of hydrogen-bond acceptors (Lipinski definition) is 4. The molecule has 0 aromatic heterocycles. The number of benzene rings is 1. The molecule has 0 N–H and O–H groups in total. The van der Waals surface area contributed by atoms with Crippen LogP contribution in [0.1, 0.15) is 37.7 Å². The first-order chi connectivity index (χ1) is 12.2. The number of nitrogens with zero attached hydrogens (tertiary/aromatic N) is 1. The van der Waals surface area contributed by atoms with Crippen LogP contribution in [0.15, 0.2) is 47.0 Å². The Bertz CT molecular complexity index is 912. The molecule has 2 aliphatic rings. The number of nitro groups is 1. The van der Waals surface area contributed by atoms with Gasteiger partial charge in [-0.1, -0.05) is 48.1 Å². The van der Waals surface area contributed by atoms with E-state index in [-0.39, 0.29) is 34.6 Å². The molecule has 140 valence electrons. The lowest BCUT2D eigenvalue weighted by Gasteiger charge is -2.35. The molecule has 3 rings (SSSR count). The molecule has 0 radical (unpaired) electrons. The maximum Gasteiger partial charge on any atom is 0.247 e. The zero-order valence-electron chi connectivity index (χ0n) is 14.2. The van der Waals surface area contributed by atoms with Crippen molar-refractivity contribution in [3.8, 4) is 0 Å². The van der Waals surface area contributed by atoms with Gasteiger partial charge in [0.25, 0.3) is 0 Å². The van der Waals surface area contributed by atoms with Crippen LogP contribution in [0.3, 0.4) is 0 Å². The summed E-state index contributed by atoms with van der Waals surface area (Å²) in [6.45, 7) is 1.94. The van der Waals surface area contributed by atoms with E-state index in [0.717, 1.165) is 0 Å². The number of sulfone groups is 1. The van der Waals surface area contributed by atoms with Gasteiger partial charge in [0.1, 0.15) is 5.82 Å². The fourth-order valence-electron chi connectivity index (χ4n) is 3.82. The first kappa shape index (κ1) is 19.5. The van der Waals surface area contributed by atoms with Gasteiger partial charge >= 0.3 is 0 Å². The Kier molecular flexibility index (Phi) is 5.26. The predicted molar refractivity (Wildman–Crippen MR) is 105 cm³/mol. The molecule has 0 saturated carbocycles. The molecule has 0 amide bonds. The van der Waals surface area contributed by atoms with Crippen molar-refractivity contribution in [2.24, 2.45) is 5.92 Å². The number of fused-ring (bicyclic) bond motifs is 1. The van der Waals surface area contributed by atoms with Crippen molar-refractivity contribution in [3.63, 3.8) is 0 Å². The highest BCUT2D eigenvalue weighted by atomic mass is 127. The molecule has 0 saturated heterocycles. The highest BCUT2D eigenvalue weighted by Crippen LogP contribution is 2.50. The molecule has 8 heteroatoms. The van der Waals surface area contributed by atoms with E-state index in [9.17, 15) is 22.9 Å². The predicted octanol–water partition coefficient (Wildman–Crippen LogP) is 4.41. The fraction of sp³-hybridized carbons (Fsp3) is 0.444. The number of rotatable bonds is 3. The molecular formula is C18H19FINO4S. The Morgan fingerprint density at radius 3 is 2.81 bits per heavy atom. The summed E-state index contributed by atoms with van der Waals surface area (Å²) in [6.07, 6.45) is 6.39. The van der Waals surface area contributed by atoms with Crippen molar-refractivity contribution in [1.82, 2.24) is 0 Å².